The van der Waals surface area contributed by atoms with E-state index >= 15 is 0 Å². The summed E-state index contributed by atoms with van der Waals surface area (Å²) in [6, 6.07) is 3.30. The average molecular weight is 278 g/mol. The molecule has 110 valence electrons. The molecule has 5 nitrogen and oxygen atoms in total. The van der Waals surface area contributed by atoms with Gasteiger partial charge in [-0.1, -0.05) is 6.92 Å². The van der Waals surface area contributed by atoms with Crippen LogP contribution in [0.1, 0.15) is 42.7 Å². The number of hydrogen-bond acceptors (Lipinski definition) is 4. The third kappa shape index (κ3) is 3.10. The Morgan fingerprint density at radius 3 is 2.90 bits per heavy atom. The van der Waals surface area contributed by atoms with Gasteiger partial charge in [-0.25, -0.2) is 9.78 Å². The highest BCUT2D eigenvalue weighted by atomic mass is 16.5. The first kappa shape index (κ1) is 14.8. The van der Waals surface area contributed by atoms with Crippen molar-refractivity contribution in [3.8, 4) is 0 Å². The molecule has 1 aromatic heterocycles. The molecule has 1 aromatic rings. The Morgan fingerprint density at radius 2 is 2.30 bits per heavy atom. The molecule has 5 heteroatoms. The van der Waals surface area contributed by atoms with Crippen molar-refractivity contribution in [2.45, 2.75) is 38.7 Å². The van der Waals surface area contributed by atoms with Crippen molar-refractivity contribution in [2.24, 2.45) is 0 Å². The molecule has 2 heterocycles. The van der Waals surface area contributed by atoms with Gasteiger partial charge in [0, 0.05) is 25.9 Å². The summed E-state index contributed by atoms with van der Waals surface area (Å²) in [6.07, 6.45) is 2.76. The van der Waals surface area contributed by atoms with Crippen LogP contribution in [0.5, 0.6) is 0 Å². The highest BCUT2D eigenvalue weighted by Crippen LogP contribution is 2.27. The van der Waals surface area contributed by atoms with Crippen molar-refractivity contribution < 1.29 is 14.6 Å². The lowest BCUT2D eigenvalue weighted by molar-refractivity contribution is -0.00482. The zero-order valence-electron chi connectivity index (χ0n) is 12.3. The predicted molar refractivity (Wildman–Crippen MR) is 77.4 cm³/mol. The fourth-order valence-corrected chi connectivity index (χ4v) is 2.61. The second-order valence-electron chi connectivity index (χ2n) is 5.54. The lowest BCUT2D eigenvalue weighted by Gasteiger charge is -2.40. The molecule has 0 bridgehead atoms. The van der Waals surface area contributed by atoms with E-state index in [1.54, 1.807) is 19.2 Å². The molecule has 1 saturated heterocycles. The fraction of sp³-hybridized carbons (Fsp3) is 0.600. The van der Waals surface area contributed by atoms with Gasteiger partial charge in [0.25, 0.3) is 0 Å². The van der Waals surface area contributed by atoms with Crippen molar-refractivity contribution in [1.82, 2.24) is 4.98 Å². The first-order chi connectivity index (χ1) is 9.47. The van der Waals surface area contributed by atoms with Gasteiger partial charge >= 0.3 is 5.97 Å². The molecule has 2 rings (SSSR count). The molecular formula is C15H22N2O3. The molecule has 0 aromatic carbocycles. The summed E-state index contributed by atoms with van der Waals surface area (Å²) >= 11 is 0. The van der Waals surface area contributed by atoms with Crippen LogP contribution in [0.15, 0.2) is 12.1 Å². The third-order valence-corrected chi connectivity index (χ3v) is 3.95. The molecular weight excluding hydrogens is 256 g/mol. The van der Waals surface area contributed by atoms with Crippen LogP contribution in [0, 0.1) is 0 Å². The van der Waals surface area contributed by atoms with Crippen molar-refractivity contribution in [2.75, 3.05) is 25.1 Å². The maximum atomic E-state index is 11.2. The van der Waals surface area contributed by atoms with Crippen LogP contribution in [-0.4, -0.2) is 41.9 Å². The Bertz CT molecular complexity index is 504. The van der Waals surface area contributed by atoms with Crippen LogP contribution >= 0.6 is 0 Å². The van der Waals surface area contributed by atoms with Gasteiger partial charge in [0.15, 0.2) is 0 Å². The largest absolute Gasteiger partial charge is 0.478 e. The molecule has 1 fully saturated rings. The first-order valence-corrected chi connectivity index (χ1v) is 7.02. The number of rotatable bonds is 4. The van der Waals surface area contributed by atoms with Gasteiger partial charge in [-0.05, 0) is 38.3 Å². The molecule has 1 N–H and O–H groups in total. The van der Waals surface area contributed by atoms with Gasteiger partial charge in [-0.3, -0.25) is 0 Å². The minimum absolute atomic E-state index is 0.189. The number of piperidine rings is 1. The van der Waals surface area contributed by atoms with E-state index in [2.05, 4.69) is 16.8 Å². The van der Waals surface area contributed by atoms with Gasteiger partial charge in [0.05, 0.1) is 11.2 Å². The summed E-state index contributed by atoms with van der Waals surface area (Å²) in [7, 11) is 1.72. The Kier molecular flexibility index (Phi) is 4.28. The Hall–Kier alpha value is -1.62. The Labute approximate surface area is 119 Å². The summed E-state index contributed by atoms with van der Waals surface area (Å²) in [4.78, 5) is 17.9. The summed E-state index contributed by atoms with van der Waals surface area (Å²) in [5, 5.41) is 9.21. The molecule has 0 saturated carbocycles. The highest BCUT2D eigenvalue weighted by Gasteiger charge is 2.31. The normalized spacial score (nSPS) is 22.9. The maximum absolute atomic E-state index is 11.2. The minimum Gasteiger partial charge on any atom is -0.478 e. The van der Waals surface area contributed by atoms with Crippen molar-refractivity contribution in [3.05, 3.63) is 23.4 Å². The number of aryl methyl sites for hydroxylation is 1. The lowest BCUT2D eigenvalue weighted by Crippen LogP contribution is -2.47. The topological polar surface area (TPSA) is 62.7 Å². The number of aromatic nitrogens is 1. The molecule has 0 spiro atoms. The second kappa shape index (κ2) is 5.79. The number of carboxylic acid groups (broad SMARTS) is 1. The van der Waals surface area contributed by atoms with Crippen molar-refractivity contribution in [3.63, 3.8) is 0 Å². The van der Waals surface area contributed by atoms with Crippen LogP contribution in [0.4, 0.5) is 5.82 Å². The number of carboxylic acids is 1. The lowest BCUT2D eigenvalue weighted by atomic mass is 9.94. The standard InChI is InChI=1S/C15H22N2O3/c1-4-12-8-11(14(18)19)9-13(16-12)17-7-5-6-15(2,10-17)20-3/h8-9H,4-7,10H2,1-3H3,(H,18,19). The third-order valence-electron chi connectivity index (χ3n) is 3.95. The van der Waals surface area contributed by atoms with Crippen LogP contribution in [0.3, 0.4) is 0 Å². The minimum atomic E-state index is -0.908. The van der Waals surface area contributed by atoms with E-state index in [0.29, 0.717) is 5.56 Å². The van der Waals surface area contributed by atoms with Gasteiger partial charge in [0.2, 0.25) is 0 Å². The summed E-state index contributed by atoms with van der Waals surface area (Å²) < 4.78 is 5.58. The fourth-order valence-electron chi connectivity index (χ4n) is 2.61. The van der Waals surface area contributed by atoms with E-state index in [-0.39, 0.29) is 5.60 Å². The smallest absolute Gasteiger partial charge is 0.335 e. The number of carbonyl (C=O) groups is 1. The average Bonchev–Trinajstić information content (AvgIpc) is 2.46. The molecule has 1 aliphatic heterocycles. The molecule has 0 radical (unpaired) electrons. The summed E-state index contributed by atoms with van der Waals surface area (Å²) in [5.74, 6) is -0.167. The summed E-state index contributed by atoms with van der Waals surface area (Å²) in [5.41, 5.74) is 0.923. The van der Waals surface area contributed by atoms with Gasteiger partial charge in [-0.15, -0.1) is 0 Å². The van der Waals surface area contributed by atoms with Crippen LogP contribution < -0.4 is 4.90 Å². The second-order valence-corrected chi connectivity index (χ2v) is 5.54. The molecule has 20 heavy (non-hydrogen) atoms. The number of methoxy groups -OCH3 is 1. The van der Waals surface area contributed by atoms with E-state index in [9.17, 15) is 9.90 Å². The van der Waals surface area contributed by atoms with E-state index < -0.39 is 5.97 Å². The van der Waals surface area contributed by atoms with Crippen molar-refractivity contribution >= 4 is 11.8 Å². The SMILES string of the molecule is CCc1cc(C(=O)O)cc(N2CCCC(C)(OC)C2)n1. The molecule has 0 aliphatic carbocycles. The number of pyridine rings is 1. The van der Waals surface area contributed by atoms with Gasteiger partial charge < -0.3 is 14.7 Å². The number of ether oxygens (including phenoxy) is 1. The van der Waals surface area contributed by atoms with Gasteiger partial charge in [0.1, 0.15) is 5.82 Å². The van der Waals surface area contributed by atoms with E-state index in [0.717, 1.165) is 43.9 Å². The first-order valence-electron chi connectivity index (χ1n) is 7.02. The van der Waals surface area contributed by atoms with E-state index in [1.165, 1.54) is 0 Å². The zero-order valence-corrected chi connectivity index (χ0v) is 12.3. The van der Waals surface area contributed by atoms with Gasteiger partial charge in [-0.2, -0.15) is 0 Å². The quantitative estimate of drug-likeness (QED) is 0.916. The predicted octanol–water partition coefficient (Wildman–Crippen LogP) is 2.35. The highest BCUT2D eigenvalue weighted by molar-refractivity contribution is 5.88. The zero-order chi connectivity index (χ0) is 14.8. The number of anilines is 1. The molecule has 0 amide bonds. The Balaban J connectivity index is 2.31. The monoisotopic (exact) mass is 278 g/mol. The van der Waals surface area contributed by atoms with Crippen molar-refractivity contribution in [1.29, 1.82) is 0 Å². The summed E-state index contributed by atoms with van der Waals surface area (Å²) in [6.45, 7) is 5.69. The number of hydrogen-bond donors (Lipinski definition) is 1. The number of nitrogens with zero attached hydrogens (tertiary/aromatic N) is 2. The maximum Gasteiger partial charge on any atom is 0.335 e. The van der Waals surface area contributed by atoms with E-state index in [4.69, 9.17) is 4.74 Å². The van der Waals surface area contributed by atoms with E-state index in [1.807, 2.05) is 6.92 Å². The number of aromatic carboxylic acids is 1. The van der Waals surface area contributed by atoms with Crippen LogP contribution in [0.25, 0.3) is 0 Å². The molecule has 1 aliphatic rings. The molecule has 1 unspecified atom stereocenters. The van der Waals surface area contributed by atoms with Crippen LogP contribution in [-0.2, 0) is 11.2 Å². The molecule has 1 atom stereocenters. The Morgan fingerprint density at radius 1 is 1.55 bits per heavy atom. The van der Waals surface area contributed by atoms with Crippen LogP contribution in [0.2, 0.25) is 0 Å².